The maximum Gasteiger partial charge on any atom is 0.268 e. The molecule has 0 heterocycles. The highest BCUT2D eigenvalue weighted by atomic mass is 28.4. The van der Waals surface area contributed by atoms with E-state index in [4.69, 9.17) is 4.43 Å². The molecular weight excluding hydrogens is 248 g/mol. The van der Waals surface area contributed by atoms with Gasteiger partial charge in [-0.3, -0.25) is 0 Å². The Morgan fingerprint density at radius 3 is 2.37 bits per heavy atom. The lowest BCUT2D eigenvalue weighted by Gasteiger charge is -2.17. The van der Waals surface area contributed by atoms with E-state index in [0.717, 1.165) is 0 Å². The lowest BCUT2D eigenvalue weighted by Crippen LogP contribution is -2.24. The van der Waals surface area contributed by atoms with Gasteiger partial charge in [0.25, 0.3) is 8.32 Å². The minimum Gasteiger partial charge on any atom is -0.546 e. The predicted octanol–water partition coefficient (Wildman–Crippen LogP) is 5.37. The molecule has 0 bridgehead atoms. The fraction of sp³-hybridized carbons (Fsp3) is 0.412. The van der Waals surface area contributed by atoms with Crippen molar-refractivity contribution in [3.8, 4) is 0 Å². The fourth-order valence-corrected chi connectivity index (χ4v) is 2.22. The molecule has 0 fully saturated rings. The summed E-state index contributed by atoms with van der Waals surface area (Å²) in [6, 6.07) is 8.79. The molecule has 0 spiro atoms. The molecule has 1 rings (SSSR count). The van der Waals surface area contributed by atoms with E-state index in [1.165, 1.54) is 11.1 Å². The molecule has 104 valence electrons. The first-order valence-electron chi connectivity index (χ1n) is 6.93. The van der Waals surface area contributed by atoms with E-state index in [1.807, 2.05) is 12.0 Å². The molecule has 0 radical (unpaired) electrons. The quantitative estimate of drug-likeness (QED) is 0.500. The molecule has 1 aromatic rings. The van der Waals surface area contributed by atoms with Crippen molar-refractivity contribution in [3.63, 3.8) is 0 Å². The van der Waals surface area contributed by atoms with Crippen molar-refractivity contribution in [2.75, 3.05) is 0 Å². The molecular formula is C17H26OSi. The first-order valence-corrected chi connectivity index (χ1v) is 9.92. The Morgan fingerprint density at radius 1 is 1.16 bits per heavy atom. The molecule has 1 unspecified atom stereocenters. The van der Waals surface area contributed by atoms with E-state index in [1.54, 1.807) is 0 Å². The average Bonchev–Trinajstić information content (AvgIpc) is 2.38. The van der Waals surface area contributed by atoms with Crippen LogP contribution in [0.1, 0.15) is 43.7 Å². The Bertz CT molecular complexity index is 446. The van der Waals surface area contributed by atoms with Gasteiger partial charge in [-0.15, -0.1) is 6.58 Å². The van der Waals surface area contributed by atoms with Gasteiger partial charge in [-0.05, 0) is 36.2 Å². The van der Waals surface area contributed by atoms with Crippen LogP contribution in [-0.2, 0) is 4.43 Å². The highest BCUT2D eigenvalue weighted by molar-refractivity contribution is 6.76. The molecule has 0 aliphatic heterocycles. The zero-order valence-corrected chi connectivity index (χ0v) is 13.8. The molecule has 1 atom stereocenters. The largest absolute Gasteiger partial charge is 0.546 e. The molecule has 2 heteroatoms. The van der Waals surface area contributed by atoms with Gasteiger partial charge in [0.1, 0.15) is 0 Å². The van der Waals surface area contributed by atoms with Crippen LogP contribution in [-0.4, -0.2) is 8.32 Å². The standard InChI is InChI=1S/C17H26OSi/c1-7-19(5,6)18-12-11-15(4)17-10-8-9-16(13-17)14(2)3/h7-15H,1H2,2-6H3. The van der Waals surface area contributed by atoms with Crippen molar-refractivity contribution >= 4 is 8.32 Å². The number of rotatable bonds is 6. The predicted molar refractivity (Wildman–Crippen MR) is 86.9 cm³/mol. The van der Waals surface area contributed by atoms with E-state index >= 15 is 0 Å². The number of hydrogen-bond donors (Lipinski definition) is 0. The summed E-state index contributed by atoms with van der Waals surface area (Å²) >= 11 is 0. The summed E-state index contributed by atoms with van der Waals surface area (Å²) in [5, 5.41) is 0. The van der Waals surface area contributed by atoms with Crippen LogP contribution in [0, 0.1) is 0 Å². The van der Waals surface area contributed by atoms with Crippen molar-refractivity contribution in [3.05, 3.63) is 60.0 Å². The van der Waals surface area contributed by atoms with Crippen molar-refractivity contribution in [2.45, 2.75) is 45.7 Å². The van der Waals surface area contributed by atoms with E-state index in [-0.39, 0.29) is 0 Å². The molecule has 0 saturated carbocycles. The second-order valence-corrected chi connectivity index (χ2v) is 9.72. The van der Waals surface area contributed by atoms with Crippen LogP contribution in [0.15, 0.2) is 48.9 Å². The zero-order valence-electron chi connectivity index (χ0n) is 12.8. The fourth-order valence-electron chi connectivity index (χ4n) is 1.69. The number of allylic oxidation sites excluding steroid dienone is 1. The summed E-state index contributed by atoms with van der Waals surface area (Å²) < 4.78 is 5.79. The summed E-state index contributed by atoms with van der Waals surface area (Å²) in [7, 11) is -1.70. The molecule has 1 nitrogen and oxygen atoms in total. The maximum atomic E-state index is 5.79. The second kappa shape index (κ2) is 6.76. The van der Waals surface area contributed by atoms with Gasteiger partial charge in [-0.1, -0.05) is 50.7 Å². The third kappa shape index (κ3) is 5.07. The Morgan fingerprint density at radius 2 is 1.79 bits per heavy atom. The van der Waals surface area contributed by atoms with Gasteiger partial charge < -0.3 is 4.43 Å². The summed E-state index contributed by atoms with van der Waals surface area (Å²) in [5.41, 5.74) is 4.67. The van der Waals surface area contributed by atoms with Gasteiger partial charge in [0.05, 0.1) is 6.26 Å². The number of benzene rings is 1. The normalized spacial score (nSPS) is 13.8. The van der Waals surface area contributed by atoms with Gasteiger partial charge in [0, 0.05) is 5.92 Å². The molecule has 0 saturated heterocycles. The Labute approximate surface area is 119 Å². The van der Waals surface area contributed by atoms with Gasteiger partial charge in [0.2, 0.25) is 0 Å². The third-order valence-corrected chi connectivity index (χ3v) is 5.06. The molecule has 19 heavy (non-hydrogen) atoms. The Balaban J connectivity index is 2.73. The second-order valence-electron chi connectivity index (χ2n) is 5.87. The highest BCUT2D eigenvalue weighted by Gasteiger charge is 2.16. The topological polar surface area (TPSA) is 9.23 Å². The van der Waals surface area contributed by atoms with Crippen LogP contribution in [0.25, 0.3) is 0 Å². The van der Waals surface area contributed by atoms with Crippen molar-refractivity contribution in [1.82, 2.24) is 0 Å². The van der Waals surface area contributed by atoms with Crippen molar-refractivity contribution < 1.29 is 4.43 Å². The van der Waals surface area contributed by atoms with Gasteiger partial charge in [0.15, 0.2) is 0 Å². The summed E-state index contributed by atoms with van der Waals surface area (Å²) in [6.45, 7) is 14.7. The molecule has 0 aliphatic carbocycles. The van der Waals surface area contributed by atoms with Crippen molar-refractivity contribution in [2.24, 2.45) is 0 Å². The van der Waals surface area contributed by atoms with Crippen LogP contribution in [0.3, 0.4) is 0 Å². The molecule has 0 aromatic heterocycles. The van der Waals surface area contributed by atoms with Gasteiger partial charge in [-0.25, -0.2) is 0 Å². The smallest absolute Gasteiger partial charge is 0.268 e. The summed E-state index contributed by atoms with van der Waals surface area (Å²) in [6.07, 6.45) is 3.97. The minimum absolute atomic E-state index is 0.369. The summed E-state index contributed by atoms with van der Waals surface area (Å²) in [5.74, 6) is 0.938. The first kappa shape index (κ1) is 15.8. The van der Waals surface area contributed by atoms with Gasteiger partial charge >= 0.3 is 0 Å². The van der Waals surface area contributed by atoms with Crippen LogP contribution in [0.5, 0.6) is 0 Å². The van der Waals surface area contributed by atoms with E-state index < -0.39 is 8.32 Å². The maximum absolute atomic E-state index is 5.79. The highest BCUT2D eigenvalue weighted by Crippen LogP contribution is 2.22. The lowest BCUT2D eigenvalue weighted by molar-refractivity contribution is 0.481. The molecule has 1 aromatic carbocycles. The number of hydrogen-bond acceptors (Lipinski definition) is 1. The van der Waals surface area contributed by atoms with Crippen LogP contribution in [0.4, 0.5) is 0 Å². The van der Waals surface area contributed by atoms with Crippen LogP contribution < -0.4 is 0 Å². The van der Waals surface area contributed by atoms with E-state index in [9.17, 15) is 0 Å². The monoisotopic (exact) mass is 274 g/mol. The molecule has 0 aliphatic rings. The molecule has 0 amide bonds. The zero-order chi connectivity index (χ0) is 14.5. The minimum atomic E-state index is -1.70. The summed E-state index contributed by atoms with van der Waals surface area (Å²) in [4.78, 5) is 0. The van der Waals surface area contributed by atoms with Crippen molar-refractivity contribution in [1.29, 1.82) is 0 Å². The van der Waals surface area contributed by atoms with E-state index in [2.05, 4.69) is 70.8 Å². The van der Waals surface area contributed by atoms with Gasteiger partial charge in [-0.2, -0.15) is 0 Å². The third-order valence-electron chi connectivity index (χ3n) is 3.33. The molecule has 0 N–H and O–H groups in total. The lowest BCUT2D eigenvalue weighted by atomic mass is 9.95. The Kier molecular flexibility index (Phi) is 5.61. The van der Waals surface area contributed by atoms with E-state index in [0.29, 0.717) is 11.8 Å². The average molecular weight is 274 g/mol. The first-order chi connectivity index (χ1) is 8.85. The van der Waals surface area contributed by atoms with Crippen LogP contribution >= 0.6 is 0 Å². The Hall–Kier alpha value is -1.28. The van der Waals surface area contributed by atoms with Crippen LogP contribution in [0.2, 0.25) is 13.1 Å². The SMILES string of the molecule is C=C[Si](C)(C)OC=CC(C)c1cccc(C(C)C)c1.